The maximum Gasteiger partial charge on any atom is 0.386 e. The molecule has 1 N–H and O–H groups in total. The van der Waals surface area contributed by atoms with Crippen molar-refractivity contribution in [2.24, 2.45) is 0 Å². The van der Waals surface area contributed by atoms with Gasteiger partial charge in [0.1, 0.15) is 11.9 Å². The fourth-order valence-corrected chi connectivity index (χ4v) is 3.06. The molecule has 2 rings (SSSR count). The molecule has 1 aromatic heterocycles. The Morgan fingerprint density at radius 2 is 2.17 bits per heavy atom. The maximum absolute atomic E-state index is 10.9. The van der Waals surface area contributed by atoms with Gasteiger partial charge in [0.05, 0.1) is 0 Å². The Bertz CT molecular complexity index is 420. The van der Waals surface area contributed by atoms with Crippen molar-refractivity contribution in [1.29, 1.82) is 0 Å². The van der Waals surface area contributed by atoms with Gasteiger partial charge < -0.3 is 15.4 Å². The molecule has 6 heteroatoms. The molecule has 18 heavy (non-hydrogen) atoms. The Morgan fingerprint density at radius 3 is 2.78 bits per heavy atom. The number of pyridine rings is 1. The highest BCUT2D eigenvalue weighted by Gasteiger charge is 2.23. The van der Waals surface area contributed by atoms with E-state index in [1.165, 1.54) is 19.0 Å². The third kappa shape index (κ3) is 3.13. The summed E-state index contributed by atoms with van der Waals surface area (Å²) in [6, 6.07) is 3.78. The lowest BCUT2D eigenvalue weighted by atomic mass is 9.95. The summed E-state index contributed by atoms with van der Waals surface area (Å²) in [5.41, 5.74) is 0.537. The molecule has 0 spiro atoms. The van der Waals surface area contributed by atoms with E-state index in [9.17, 15) is 10.1 Å². The molecule has 0 aromatic carbocycles. The topological polar surface area (TPSA) is 68.1 Å². The molecule has 5 nitrogen and oxygen atoms in total. The van der Waals surface area contributed by atoms with E-state index in [1.54, 1.807) is 12.1 Å². The van der Waals surface area contributed by atoms with Crippen LogP contribution in [0.2, 0.25) is 0 Å². The maximum atomic E-state index is 10.9. The van der Waals surface area contributed by atoms with Gasteiger partial charge in [0.25, 0.3) is 0 Å². The molecule has 98 valence electrons. The smallest absolute Gasteiger partial charge is 0.375 e. The first-order chi connectivity index (χ1) is 8.70. The van der Waals surface area contributed by atoms with Gasteiger partial charge >= 0.3 is 5.82 Å². The van der Waals surface area contributed by atoms with Crippen LogP contribution in [-0.4, -0.2) is 27.5 Å². The first kappa shape index (κ1) is 13.1. The van der Waals surface area contributed by atoms with E-state index in [-0.39, 0.29) is 5.82 Å². The van der Waals surface area contributed by atoms with E-state index < -0.39 is 4.92 Å². The van der Waals surface area contributed by atoms with Crippen LogP contribution in [0.5, 0.6) is 0 Å². The fourth-order valence-electron chi connectivity index (χ4n) is 2.32. The summed E-state index contributed by atoms with van der Waals surface area (Å²) < 4.78 is 0. The highest BCUT2D eigenvalue weighted by atomic mass is 32.2. The number of rotatable bonds is 4. The molecule has 0 aliphatic heterocycles. The number of aromatic nitrogens is 1. The van der Waals surface area contributed by atoms with Gasteiger partial charge in [-0.15, -0.1) is 0 Å². The molecule has 1 aromatic rings. The summed E-state index contributed by atoms with van der Waals surface area (Å²) in [6.45, 7) is 0. The van der Waals surface area contributed by atoms with Crippen molar-refractivity contribution >= 4 is 23.3 Å². The number of hydrogen-bond donors (Lipinski definition) is 1. The quantitative estimate of drug-likeness (QED) is 0.670. The second-order valence-electron chi connectivity index (χ2n) is 4.49. The zero-order valence-electron chi connectivity index (χ0n) is 10.3. The minimum Gasteiger partial charge on any atom is -0.375 e. The Labute approximate surface area is 111 Å². The summed E-state index contributed by atoms with van der Waals surface area (Å²) in [5.74, 6) is -0.0792. The molecule has 0 amide bonds. The van der Waals surface area contributed by atoms with E-state index in [0.29, 0.717) is 11.7 Å². The van der Waals surface area contributed by atoms with Crippen molar-refractivity contribution in [3.63, 3.8) is 0 Å². The molecule has 1 aliphatic rings. The highest BCUT2D eigenvalue weighted by molar-refractivity contribution is 7.99. The van der Waals surface area contributed by atoms with Crippen molar-refractivity contribution < 1.29 is 4.92 Å². The van der Waals surface area contributed by atoms with Gasteiger partial charge in [-0.2, -0.15) is 11.8 Å². The van der Waals surface area contributed by atoms with Crippen LogP contribution in [0.25, 0.3) is 0 Å². The normalized spacial score (nSPS) is 23.6. The van der Waals surface area contributed by atoms with Crippen molar-refractivity contribution in [3.8, 4) is 0 Å². The molecule has 0 unspecified atom stereocenters. The third-order valence-electron chi connectivity index (χ3n) is 3.33. The number of nitro groups is 1. The minimum atomic E-state index is -0.435. The van der Waals surface area contributed by atoms with Crippen molar-refractivity contribution in [2.45, 2.75) is 37.0 Å². The Balaban J connectivity index is 2.00. The lowest BCUT2D eigenvalue weighted by Crippen LogP contribution is -2.27. The van der Waals surface area contributed by atoms with Gasteiger partial charge in [-0.25, -0.2) is 0 Å². The predicted molar refractivity (Wildman–Crippen MR) is 74.1 cm³/mol. The van der Waals surface area contributed by atoms with E-state index in [4.69, 9.17) is 0 Å². The third-order valence-corrected chi connectivity index (χ3v) is 4.46. The first-order valence-corrected chi connectivity index (χ1v) is 7.38. The van der Waals surface area contributed by atoms with Gasteiger partial charge in [0, 0.05) is 11.3 Å². The fraction of sp³-hybridized carbons (Fsp3) is 0.583. The van der Waals surface area contributed by atoms with Crippen LogP contribution in [0.1, 0.15) is 25.7 Å². The standard InChI is InChI=1S/C12H17N3O2S/c1-18-10-6-4-9(5-7-10)14-11-3-2-8-13-12(11)15(16)17/h2-3,8-10,14H,4-7H2,1H3. The van der Waals surface area contributed by atoms with Crippen LogP contribution < -0.4 is 5.32 Å². The lowest BCUT2D eigenvalue weighted by Gasteiger charge is -2.28. The summed E-state index contributed by atoms with van der Waals surface area (Å²) in [4.78, 5) is 14.2. The zero-order valence-corrected chi connectivity index (χ0v) is 11.2. The molecule has 0 atom stereocenters. The van der Waals surface area contributed by atoms with E-state index in [1.807, 2.05) is 11.8 Å². The predicted octanol–water partition coefficient (Wildman–Crippen LogP) is 3.08. The molecule has 0 bridgehead atoms. The molecular formula is C12H17N3O2S. The van der Waals surface area contributed by atoms with E-state index in [2.05, 4.69) is 16.6 Å². The molecule has 1 heterocycles. The summed E-state index contributed by atoms with van der Waals surface area (Å²) >= 11 is 1.91. The minimum absolute atomic E-state index is 0.0792. The Kier molecular flexibility index (Phi) is 4.41. The number of hydrogen-bond acceptors (Lipinski definition) is 5. The Hall–Kier alpha value is -1.30. The second kappa shape index (κ2) is 6.04. The van der Waals surface area contributed by atoms with Crippen LogP contribution in [-0.2, 0) is 0 Å². The lowest BCUT2D eigenvalue weighted by molar-refractivity contribution is -0.388. The van der Waals surface area contributed by atoms with E-state index >= 15 is 0 Å². The number of anilines is 1. The van der Waals surface area contributed by atoms with Crippen LogP contribution in [0.15, 0.2) is 18.3 Å². The van der Waals surface area contributed by atoms with Crippen molar-refractivity contribution in [2.75, 3.05) is 11.6 Å². The number of thioether (sulfide) groups is 1. The average Bonchev–Trinajstić information content (AvgIpc) is 2.40. The average molecular weight is 267 g/mol. The van der Waals surface area contributed by atoms with Gasteiger partial charge in [0.2, 0.25) is 0 Å². The summed E-state index contributed by atoms with van der Waals surface area (Å²) in [7, 11) is 0. The SMILES string of the molecule is CSC1CCC(Nc2cccnc2[N+](=O)[O-])CC1. The zero-order chi connectivity index (χ0) is 13.0. The van der Waals surface area contributed by atoms with Crippen LogP contribution >= 0.6 is 11.8 Å². The molecule has 0 radical (unpaired) electrons. The monoisotopic (exact) mass is 267 g/mol. The molecule has 1 saturated carbocycles. The number of nitrogens with zero attached hydrogens (tertiary/aromatic N) is 2. The van der Waals surface area contributed by atoms with Crippen molar-refractivity contribution in [1.82, 2.24) is 4.98 Å². The molecule has 1 fully saturated rings. The van der Waals surface area contributed by atoms with Gasteiger partial charge in [-0.1, -0.05) is 0 Å². The van der Waals surface area contributed by atoms with Crippen LogP contribution in [0, 0.1) is 10.1 Å². The second-order valence-corrected chi connectivity index (χ2v) is 5.62. The van der Waals surface area contributed by atoms with Crippen LogP contribution in [0.3, 0.4) is 0 Å². The van der Waals surface area contributed by atoms with Gasteiger partial charge in [0.15, 0.2) is 0 Å². The molecular weight excluding hydrogens is 250 g/mol. The van der Waals surface area contributed by atoms with Gasteiger partial charge in [-0.05, 0) is 54.0 Å². The molecule has 0 saturated heterocycles. The van der Waals surface area contributed by atoms with Crippen molar-refractivity contribution in [3.05, 3.63) is 28.4 Å². The Morgan fingerprint density at radius 1 is 1.44 bits per heavy atom. The summed E-state index contributed by atoms with van der Waals surface area (Å²) in [5, 5.41) is 14.9. The molecule has 1 aliphatic carbocycles. The highest BCUT2D eigenvalue weighted by Crippen LogP contribution is 2.30. The van der Waals surface area contributed by atoms with Crippen LogP contribution in [0.4, 0.5) is 11.5 Å². The first-order valence-electron chi connectivity index (χ1n) is 6.09. The largest absolute Gasteiger partial charge is 0.386 e. The summed E-state index contributed by atoms with van der Waals surface area (Å²) in [6.07, 6.45) is 8.08. The number of nitrogens with one attached hydrogen (secondary N) is 1. The van der Waals surface area contributed by atoms with Gasteiger partial charge in [-0.3, -0.25) is 0 Å². The van der Waals surface area contributed by atoms with E-state index in [0.717, 1.165) is 18.1 Å².